The van der Waals surface area contributed by atoms with Gasteiger partial charge in [0.15, 0.2) is 5.78 Å². The van der Waals surface area contributed by atoms with E-state index in [4.69, 9.17) is 0 Å². The molecule has 0 fully saturated rings. The van der Waals surface area contributed by atoms with E-state index in [0.717, 1.165) is 31.2 Å². The van der Waals surface area contributed by atoms with E-state index < -0.39 is 23.3 Å². The highest BCUT2D eigenvalue weighted by atomic mass is 19.4. The Balaban J connectivity index is 3.01. The normalized spacial score (nSPS) is 11.2. The van der Waals surface area contributed by atoms with Gasteiger partial charge in [-0.15, -0.1) is 0 Å². The van der Waals surface area contributed by atoms with Crippen molar-refractivity contribution in [2.75, 3.05) is 0 Å². The van der Waals surface area contributed by atoms with Gasteiger partial charge in [-0.3, -0.25) is 9.59 Å². The highest BCUT2D eigenvalue weighted by molar-refractivity contribution is 6.42. The molecule has 0 heterocycles. The van der Waals surface area contributed by atoms with E-state index in [1.807, 2.05) is 0 Å². The van der Waals surface area contributed by atoms with Gasteiger partial charge in [-0.25, -0.2) is 0 Å². The molecule has 0 aromatic heterocycles. The van der Waals surface area contributed by atoms with Crippen LogP contribution >= 0.6 is 0 Å². The highest BCUT2D eigenvalue weighted by Gasteiger charge is 2.30. The third-order valence-corrected chi connectivity index (χ3v) is 1.79. The van der Waals surface area contributed by atoms with Crippen LogP contribution in [0.15, 0.2) is 24.3 Å². The molecule has 1 aromatic rings. The number of alkyl halides is 3. The van der Waals surface area contributed by atoms with E-state index in [1.165, 1.54) is 0 Å². The summed E-state index contributed by atoms with van der Waals surface area (Å²) in [6, 6.07) is 3.53. The molecule has 0 unspecified atom stereocenters. The molecule has 1 aromatic carbocycles. The zero-order valence-electron chi connectivity index (χ0n) is 7.76. The monoisotopic (exact) mass is 216 g/mol. The van der Waals surface area contributed by atoms with Crippen molar-refractivity contribution in [3.05, 3.63) is 35.4 Å². The summed E-state index contributed by atoms with van der Waals surface area (Å²) in [4.78, 5) is 21.7. The number of rotatable bonds is 2. The Bertz CT molecular complexity index is 390. The standard InChI is InChI=1S/C10H7F3O2/c1-6(14)9(15)7-2-4-8(5-3-7)10(11,12)13/h2-5H,1H3. The molecule has 0 bridgehead atoms. The summed E-state index contributed by atoms with van der Waals surface area (Å²) in [7, 11) is 0. The van der Waals surface area contributed by atoms with Crippen LogP contribution < -0.4 is 0 Å². The zero-order chi connectivity index (χ0) is 11.6. The largest absolute Gasteiger partial charge is 0.416 e. The maximum Gasteiger partial charge on any atom is 0.416 e. The van der Waals surface area contributed by atoms with Gasteiger partial charge < -0.3 is 0 Å². The number of hydrogen-bond donors (Lipinski definition) is 0. The fourth-order valence-electron chi connectivity index (χ4n) is 1.01. The summed E-state index contributed by atoms with van der Waals surface area (Å²) >= 11 is 0. The number of halogens is 3. The van der Waals surface area contributed by atoms with Gasteiger partial charge in [-0.05, 0) is 12.1 Å². The van der Waals surface area contributed by atoms with Gasteiger partial charge in [0.25, 0.3) is 0 Å². The van der Waals surface area contributed by atoms with Crippen LogP contribution in [0.2, 0.25) is 0 Å². The maximum atomic E-state index is 12.1. The predicted octanol–water partition coefficient (Wildman–Crippen LogP) is 2.48. The zero-order valence-corrected chi connectivity index (χ0v) is 7.76. The van der Waals surface area contributed by atoms with Crippen LogP contribution in [0.5, 0.6) is 0 Å². The topological polar surface area (TPSA) is 34.1 Å². The van der Waals surface area contributed by atoms with Gasteiger partial charge in [0.05, 0.1) is 5.56 Å². The first-order valence-corrected chi connectivity index (χ1v) is 4.05. The molecule has 1 rings (SSSR count). The molecular formula is C10H7F3O2. The molecule has 80 valence electrons. The Morgan fingerprint density at radius 3 is 1.87 bits per heavy atom. The average Bonchev–Trinajstić information content (AvgIpc) is 2.15. The van der Waals surface area contributed by atoms with Crippen LogP contribution in [0, 0.1) is 0 Å². The van der Waals surface area contributed by atoms with Crippen molar-refractivity contribution in [2.24, 2.45) is 0 Å². The first-order chi connectivity index (χ1) is 6.82. The minimum Gasteiger partial charge on any atom is -0.291 e. The minimum atomic E-state index is -4.43. The second-order valence-corrected chi connectivity index (χ2v) is 2.96. The van der Waals surface area contributed by atoms with E-state index in [1.54, 1.807) is 0 Å². The number of carbonyl (C=O) groups is 2. The van der Waals surface area contributed by atoms with E-state index in [2.05, 4.69) is 0 Å². The van der Waals surface area contributed by atoms with Gasteiger partial charge in [0, 0.05) is 12.5 Å². The Kier molecular flexibility index (Phi) is 2.93. The number of ketones is 2. The molecule has 0 radical (unpaired) electrons. The Hall–Kier alpha value is -1.65. The minimum absolute atomic E-state index is 0.0319. The first-order valence-electron chi connectivity index (χ1n) is 4.05. The Morgan fingerprint density at radius 2 is 1.53 bits per heavy atom. The van der Waals surface area contributed by atoms with Gasteiger partial charge in [-0.1, -0.05) is 12.1 Å². The lowest BCUT2D eigenvalue weighted by Gasteiger charge is -2.06. The van der Waals surface area contributed by atoms with E-state index in [0.29, 0.717) is 0 Å². The molecule has 5 heteroatoms. The second kappa shape index (κ2) is 3.84. The van der Waals surface area contributed by atoms with Crippen LogP contribution in [0.4, 0.5) is 13.2 Å². The van der Waals surface area contributed by atoms with Gasteiger partial charge in [0.1, 0.15) is 0 Å². The molecule has 0 aliphatic heterocycles. The van der Waals surface area contributed by atoms with Crippen molar-refractivity contribution < 1.29 is 22.8 Å². The lowest BCUT2D eigenvalue weighted by atomic mass is 10.1. The molecular weight excluding hydrogens is 209 g/mol. The van der Waals surface area contributed by atoms with Gasteiger partial charge in [-0.2, -0.15) is 13.2 Å². The van der Waals surface area contributed by atoms with Crippen LogP contribution in [-0.2, 0) is 11.0 Å². The summed E-state index contributed by atoms with van der Waals surface area (Å²) < 4.78 is 36.4. The van der Waals surface area contributed by atoms with E-state index in [9.17, 15) is 22.8 Å². The average molecular weight is 216 g/mol. The Labute approximate surface area is 83.7 Å². The van der Waals surface area contributed by atoms with Crippen molar-refractivity contribution in [1.82, 2.24) is 0 Å². The number of hydrogen-bond acceptors (Lipinski definition) is 2. The fourth-order valence-corrected chi connectivity index (χ4v) is 1.01. The Morgan fingerprint density at radius 1 is 1.07 bits per heavy atom. The first kappa shape index (κ1) is 11.4. The molecule has 15 heavy (non-hydrogen) atoms. The van der Waals surface area contributed by atoms with Crippen molar-refractivity contribution in [1.29, 1.82) is 0 Å². The van der Waals surface area contributed by atoms with Crippen molar-refractivity contribution >= 4 is 11.6 Å². The summed E-state index contributed by atoms with van der Waals surface area (Å²) in [5.41, 5.74) is -0.877. The molecule has 2 nitrogen and oxygen atoms in total. The van der Waals surface area contributed by atoms with E-state index in [-0.39, 0.29) is 5.56 Å². The third-order valence-electron chi connectivity index (χ3n) is 1.79. The van der Waals surface area contributed by atoms with Gasteiger partial charge >= 0.3 is 6.18 Å². The third kappa shape index (κ3) is 2.65. The van der Waals surface area contributed by atoms with Crippen molar-refractivity contribution in [3.8, 4) is 0 Å². The molecule has 0 amide bonds. The molecule has 0 aliphatic rings. The molecule has 0 saturated heterocycles. The predicted molar refractivity (Wildman–Crippen MR) is 46.5 cm³/mol. The molecule has 0 N–H and O–H groups in total. The van der Waals surface area contributed by atoms with Crippen molar-refractivity contribution in [2.45, 2.75) is 13.1 Å². The van der Waals surface area contributed by atoms with Crippen LogP contribution in [-0.4, -0.2) is 11.6 Å². The van der Waals surface area contributed by atoms with Crippen LogP contribution in [0.3, 0.4) is 0 Å². The smallest absolute Gasteiger partial charge is 0.291 e. The molecule has 0 spiro atoms. The van der Waals surface area contributed by atoms with Crippen LogP contribution in [0.25, 0.3) is 0 Å². The summed E-state index contributed by atoms with van der Waals surface area (Å²) in [5, 5.41) is 0. The van der Waals surface area contributed by atoms with Crippen molar-refractivity contribution in [3.63, 3.8) is 0 Å². The number of Topliss-reactive ketones (excluding diaryl/α,β-unsaturated/α-hetero) is 2. The number of benzene rings is 1. The lowest BCUT2D eigenvalue weighted by Crippen LogP contribution is -2.11. The summed E-state index contributed by atoms with van der Waals surface area (Å²) in [6.07, 6.45) is -4.43. The molecule has 0 saturated carbocycles. The molecule has 0 atom stereocenters. The second-order valence-electron chi connectivity index (χ2n) is 2.96. The van der Waals surface area contributed by atoms with Gasteiger partial charge in [0.2, 0.25) is 5.78 Å². The fraction of sp³-hybridized carbons (Fsp3) is 0.200. The van der Waals surface area contributed by atoms with Crippen LogP contribution in [0.1, 0.15) is 22.8 Å². The summed E-state index contributed by atoms with van der Waals surface area (Å²) in [6.45, 7) is 1.07. The lowest BCUT2D eigenvalue weighted by molar-refractivity contribution is -0.137. The molecule has 0 aliphatic carbocycles. The summed E-state index contributed by atoms with van der Waals surface area (Å²) in [5.74, 6) is -1.49. The highest BCUT2D eigenvalue weighted by Crippen LogP contribution is 2.29. The SMILES string of the molecule is CC(=O)C(=O)c1ccc(C(F)(F)F)cc1. The maximum absolute atomic E-state index is 12.1. The van der Waals surface area contributed by atoms with E-state index >= 15 is 0 Å². The quantitative estimate of drug-likeness (QED) is 0.562. The number of carbonyl (C=O) groups excluding carboxylic acids is 2.